The van der Waals surface area contributed by atoms with Crippen LogP contribution in [0.5, 0.6) is 0 Å². The maximum atomic E-state index is 6.44. The molecule has 4 rings (SSSR count). The Labute approximate surface area is 147 Å². The van der Waals surface area contributed by atoms with E-state index in [0.29, 0.717) is 0 Å². The summed E-state index contributed by atoms with van der Waals surface area (Å²) in [7, 11) is 0. The van der Waals surface area contributed by atoms with Gasteiger partial charge < -0.3 is 9.47 Å². The van der Waals surface area contributed by atoms with E-state index < -0.39 is 0 Å². The van der Waals surface area contributed by atoms with Gasteiger partial charge in [-0.1, -0.05) is 38.3 Å². The summed E-state index contributed by atoms with van der Waals surface area (Å²) >= 11 is 0. The Hall–Kier alpha value is -0.600. The van der Waals surface area contributed by atoms with Crippen LogP contribution in [0.25, 0.3) is 0 Å². The zero-order chi connectivity index (χ0) is 16.5. The summed E-state index contributed by atoms with van der Waals surface area (Å²) in [5.41, 5.74) is 3.34. The number of hydrogen-bond acceptors (Lipinski definition) is 2. The van der Waals surface area contributed by atoms with Gasteiger partial charge in [0, 0.05) is 13.0 Å². The van der Waals surface area contributed by atoms with Gasteiger partial charge in [0.25, 0.3) is 0 Å². The molecule has 2 unspecified atom stereocenters. The summed E-state index contributed by atoms with van der Waals surface area (Å²) in [6, 6.07) is 0. The van der Waals surface area contributed by atoms with Crippen molar-refractivity contribution >= 4 is 0 Å². The molecule has 0 N–H and O–H groups in total. The van der Waals surface area contributed by atoms with Crippen molar-refractivity contribution in [2.75, 3.05) is 13.2 Å². The molecule has 0 aromatic carbocycles. The molecule has 2 aliphatic heterocycles. The molecule has 2 saturated carbocycles. The standard InChI is InChI=1S/C22H34O2/c1-18-8-13-24-22(16-18)12-6-3-7-20(22)15-19-9-14-23-21(17-19)10-4-2-5-11-21/h9,15,18H,2-8,10-14,16-17H2,1H3. The summed E-state index contributed by atoms with van der Waals surface area (Å²) in [6.45, 7) is 4.16. The molecule has 1 saturated heterocycles. The van der Waals surface area contributed by atoms with Gasteiger partial charge in [0.2, 0.25) is 0 Å². The van der Waals surface area contributed by atoms with Gasteiger partial charge in [-0.15, -0.1) is 0 Å². The van der Waals surface area contributed by atoms with Gasteiger partial charge >= 0.3 is 0 Å². The predicted molar refractivity (Wildman–Crippen MR) is 98.1 cm³/mol. The first-order chi connectivity index (χ1) is 11.7. The first-order valence-electron chi connectivity index (χ1n) is 10.4. The SMILES string of the molecule is CC1CCOC2(CCCCC2=CC2=CCOC3(CCCCC3)C2)C1. The molecule has 2 heteroatoms. The quantitative estimate of drug-likeness (QED) is 0.612. The number of hydrogen-bond donors (Lipinski definition) is 0. The molecule has 2 atom stereocenters. The fraction of sp³-hybridized carbons (Fsp3) is 0.818. The van der Waals surface area contributed by atoms with Crippen molar-refractivity contribution in [3.63, 3.8) is 0 Å². The highest BCUT2D eigenvalue weighted by Gasteiger charge is 2.41. The number of ether oxygens (including phenoxy) is 2. The number of allylic oxidation sites excluding steroid dienone is 1. The molecule has 0 amide bonds. The first kappa shape index (κ1) is 16.8. The van der Waals surface area contributed by atoms with E-state index in [4.69, 9.17) is 9.47 Å². The molecule has 2 spiro atoms. The summed E-state index contributed by atoms with van der Waals surface area (Å²) in [6.07, 6.45) is 20.2. The highest BCUT2D eigenvalue weighted by molar-refractivity contribution is 5.33. The topological polar surface area (TPSA) is 18.5 Å². The molecule has 2 heterocycles. The second-order valence-electron chi connectivity index (χ2n) is 8.83. The molecule has 4 aliphatic rings. The lowest BCUT2D eigenvalue weighted by molar-refractivity contribution is -0.0832. The van der Waals surface area contributed by atoms with E-state index in [2.05, 4.69) is 19.1 Å². The first-order valence-corrected chi connectivity index (χ1v) is 10.4. The Morgan fingerprint density at radius 1 is 1.04 bits per heavy atom. The molecule has 2 aliphatic carbocycles. The van der Waals surface area contributed by atoms with E-state index in [1.807, 2.05) is 0 Å². The zero-order valence-electron chi connectivity index (χ0n) is 15.4. The van der Waals surface area contributed by atoms with Gasteiger partial charge in [-0.2, -0.15) is 0 Å². The molecular weight excluding hydrogens is 296 g/mol. The van der Waals surface area contributed by atoms with Crippen LogP contribution in [0, 0.1) is 5.92 Å². The van der Waals surface area contributed by atoms with Gasteiger partial charge in [0.05, 0.1) is 17.8 Å². The Morgan fingerprint density at radius 2 is 1.88 bits per heavy atom. The highest BCUT2D eigenvalue weighted by Crippen LogP contribution is 2.46. The third-order valence-electron chi connectivity index (χ3n) is 6.91. The molecule has 0 radical (unpaired) electrons. The van der Waals surface area contributed by atoms with Crippen LogP contribution in [-0.2, 0) is 9.47 Å². The van der Waals surface area contributed by atoms with Crippen LogP contribution in [0.1, 0.15) is 84.0 Å². The van der Waals surface area contributed by atoms with Crippen LogP contribution in [0.2, 0.25) is 0 Å². The average Bonchev–Trinajstić information content (AvgIpc) is 2.58. The molecule has 24 heavy (non-hydrogen) atoms. The maximum absolute atomic E-state index is 6.44. The Kier molecular flexibility index (Phi) is 4.88. The van der Waals surface area contributed by atoms with Crippen LogP contribution < -0.4 is 0 Å². The third-order valence-corrected chi connectivity index (χ3v) is 6.91. The van der Waals surface area contributed by atoms with Crippen LogP contribution in [-0.4, -0.2) is 24.4 Å². The van der Waals surface area contributed by atoms with Gasteiger partial charge in [-0.05, 0) is 68.4 Å². The van der Waals surface area contributed by atoms with Crippen LogP contribution in [0.4, 0.5) is 0 Å². The monoisotopic (exact) mass is 330 g/mol. The second kappa shape index (κ2) is 6.96. The van der Waals surface area contributed by atoms with Crippen LogP contribution in [0.15, 0.2) is 23.3 Å². The third kappa shape index (κ3) is 3.37. The maximum Gasteiger partial charge on any atom is 0.0897 e. The van der Waals surface area contributed by atoms with Gasteiger partial charge in [-0.3, -0.25) is 0 Å². The van der Waals surface area contributed by atoms with Crippen molar-refractivity contribution in [3.05, 3.63) is 23.3 Å². The van der Waals surface area contributed by atoms with Gasteiger partial charge in [0.1, 0.15) is 0 Å². The van der Waals surface area contributed by atoms with E-state index in [9.17, 15) is 0 Å². The van der Waals surface area contributed by atoms with E-state index in [1.165, 1.54) is 76.2 Å². The summed E-state index contributed by atoms with van der Waals surface area (Å²) in [5, 5.41) is 0. The molecule has 0 aromatic rings. The predicted octanol–water partition coefficient (Wildman–Crippen LogP) is 5.72. The average molecular weight is 331 g/mol. The lowest BCUT2D eigenvalue weighted by Gasteiger charge is -2.45. The van der Waals surface area contributed by atoms with Gasteiger partial charge in [0.15, 0.2) is 0 Å². The molecule has 3 fully saturated rings. The molecule has 0 bridgehead atoms. The second-order valence-corrected chi connectivity index (χ2v) is 8.83. The molecule has 0 aromatic heterocycles. The van der Waals surface area contributed by atoms with Crippen molar-refractivity contribution in [1.82, 2.24) is 0 Å². The fourth-order valence-electron chi connectivity index (χ4n) is 5.57. The van der Waals surface area contributed by atoms with Crippen molar-refractivity contribution in [3.8, 4) is 0 Å². The molecular formula is C22H34O2. The highest BCUT2D eigenvalue weighted by atomic mass is 16.5. The fourth-order valence-corrected chi connectivity index (χ4v) is 5.57. The molecule has 2 nitrogen and oxygen atoms in total. The smallest absolute Gasteiger partial charge is 0.0897 e. The van der Waals surface area contributed by atoms with E-state index >= 15 is 0 Å². The van der Waals surface area contributed by atoms with E-state index in [-0.39, 0.29) is 11.2 Å². The number of rotatable bonds is 1. The minimum Gasteiger partial charge on any atom is -0.371 e. The zero-order valence-corrected chi connectivity index (χ0v) is 15.4. The van der Waals surface area contributed by atoms with Crippen LogP contribution >= 0.6 is 0 Å². The Bertz CT molecular complexity index is 508. The summed E-state index contributed by atoms with van der Waals surface area (Å²) in [4.78, 5) is 0. The Morgan fingerprint density at radius 3 is 2.71 bits per heavy atom. The van der Waals surface area contributed by atoms with Crippen LogP contribution in [0.3, 0.4) is 0 Å². The minimum absolute atomic E-state index is 0.0643. The van der Waals surface area contributed by atoms with E-state index in [0.717, 1.165) is 25.6 Å². The van der Waals surface area contributed by atoms with Crippen molar-refractivity contribution in [2.45, 2.75) is 95.2 Å². The van der Waals surface area contributed by atoms with Crippen molar-refractivity contribution in [1.29, 1.82) is 0 Å². The van der Waals surface area contributed by atoms with Crippen molar-refractivity contribution in [2.24, 2.45) is 5.92 Å². The van der Waals surface area contributed by atoms with E-state index in [1.54, 1.807) is 5.57 Å². The lowest BCUT2D eigenvalue weighted by Crippen LogP contribution is -2.43. The van der Waals surface area contributed by atoms with Crippen molar-refractivity contribution < 1.29 is 9.47 Å². The summed E-state index contributed by atoms with van der Waals surface area (Å²) < 4.78 is 12.7. The largest absolute Gasteiger partial charge is 0.371 e. The van der Waals surface area contributed by atoms with Gasteiger partial charge in [-0.25, -0.2) is 0 Å². The Balaban J connectivity index is 1.55. The minimum atomic E-state index is 0.0643. The summed E-state index contributed by atoms with van der Waals surface area (Å²) in [5.74, 6) is 0.800. The lowest BCUT2D eigenvalue weighted by atomic mass is 9.71. The molecule has 134 valence electrons. The normalized spacial score (nSPS) is 38.5.